The Morgan fingerprint density at radius 3 is 2.78 bits per heavy atom. The fraction of sp³-hybridized carbons (Fsp3) is 0.167. The maximum atomic E-state index is 5.11. The predicted molar refractivity (Wildman–Crippen MR) is 38.0 cm³/mol. The Hall–Kier alpha value is -1.25. The van der Waals surface area contributed by atoms with Gasteiger partial charge in [0.2, 0.25) is 0 Å². The maximum Gasteiger partial charge on any atom is 0.152 e. The highest BCUT2D eigenvalue weighted by molar-refractivity contribution is 5.76. The first-order valence-corrected chi connectivity index (χ1v) is 2.45. The van der Waals surface area contributed by atoms with Gasteiger partial charge in [0.05, 0.1) is 13.3 Å². The first-order chi connectivity index (χ1) is 4.35. The highest BCUT2D eigenvalue weighted by Crippen LogP contribution is 1.85. The van der Waals surface area contributed by atoms with E-state index < -0.39 is 0 Å². The van der Waals surface area contributed by atoms with E-state index in [0.717, 1.165) is 0 Å². The zero-order chi connectivity index (χ0) is 7.11. The number of hydrogen-bond donors (Lipinski definition) is 1. The number of ether oxygens (including phenoxy) is 1. The molecule has 0 spiro atoms. The Morgan fingerprint density at radius 1 is 1.78 bits per heavy atom. The van der Waals surface area contributed by atoms with Crippen LogP contribution in [0.25, 0.3) is 0 Å². The number of nitrogens with two attached hydrogens (primary N) is 1. The van der Waals surface area contributed by atoms with E-state index in [9.17, 15) is 0 Å². The van der Waals surface area contributed by atoms with Crippen LogP contribution in [0.4, 0.5) is 0 Å². The molecule has 0 aromatic carbocycles. The Balaban J connectivity index is 3.84. The Labute approximate surface area is 54.5 Å². The quantitative estimate of drug-likeness (QED) is 0.445. The molecule has 0 heterocycles. The van der Waals surface area contributed by atoms with E-state index >= 15 is 0 Å². The van der Waals surface area contributed by atoms with Crippen molar-refractivity contribution in [2.75, 3.05) is 7.11 Å². The van der Waals surface area contributed by atoms with Gasteiger partial charge in [-0.1, -0.05) is 6.58 Å². The molecule has 0 radical (unpaired) electrons. The third-order valence-electron chi connectivity index (χ3n) is 0.707. The molecule has 0 atom stereocenters. The van der Waals surface area contributed by atoms with Crippen molar-refractivity contribution in [2.45, 2.75) is 0 Å². The molecule has 0 aliphatic carbocycles. The van der Waals surface area contributed by atoms with Crippen LogP contribution < -0.4 is 5.73 Å². The number of aliphatic imine (C=N–C) groups is 1. The van der Waals surface area contributed by atoms with Crippen molar-refractivity contribution in [1.29, 1.82) is 0 Å². The Kier molecular flexibility index (Phi) is 4.22. The summed E-state index contributed by atoms with van der Waals surface area (Å²) in [5.41, 5.74) is 5.11. The summed E-state index contributed by atoms with van der Waals surface area (Å²) >= 11 is 0. The van der Waals surface area contributed by atoms with Gasteiger partial charge in [-0.3, -0.25) is 4.99 Å². The second-order valence-corrected chi connectivity index (χ2v) is 1.23. The topological polar surface area (TPSA) is 47.6 Å². The van der Waals surface area contributed by atoms with Gasteiger partial charge >= 0.3 is 0 Å². The molecule has 0 rings (SSSR count). The van der Waals surface area contributed by atoms with Gasteiger partial charge in [0, 0.05) is 12.4 Å². The molecule has 0 saturated carbocycles. The van der Waals surface area contributed by atoms with Gasteiger partial charge in [0.15, 0.2) is 5.76 Å². The van der Waals surface area contributed by atoms with E-state index in [1.54, 1.807) is 0 Å². The lowest BCUT2D eigenvalue weighted by Crippen LogP contribution is -1.92. The molecule has 0 aromatic heterocycles. The molecule has 0 unspecified atom stereocenters. The first-order valence-electron chi connectivity index (χ1n) is 2.45. The van der Waals surface area contributed by atoms with Gasteiger partial charge in [-0.25, -0.2) is 0 Å². The average molecular weight is 126 g/mol. The van der Waals surface area contributed by atoms with E-state index in [1.165, 1.54) is 25.7 Å². The molecule has 0 aliphatic heterocycles. The largest absolute Gasteiger partial charge is 0.494 e. The van der Waals surface area contributed by atoms with Gasteiger partial charge in [0.25, 0.3) is 0 Å². The van der Waals surface area contributed by atoms with E-state index in [2.05, 4.69) is 11.6 Å². The molecule has 0 aromatic rings. The van der Waals surface area contributed by atoms with Crippen LogP contribution in [0.3, 0.4) is 0 Å². The molecule has 0 bridgehead atoms. The number of nitrogens with zero attached hydrogens (tertiary/aromatic N) is 1. The predicted octanol–water partition coefficient (Wildman–Crippen LogP) is 0.647. The minimum Gasteiger partial charge on any atom is -0.494 e. The average Bonchev–Trinajstić information content (AvgIpc) is 1.91. The molecule has 0 saturated heterocycles. The van der Waals surface area contributed by atoms with Crippen molar-refractivity contribution in [3.05, 3.63) is 24.7 Å². The van der Waals surface area contributed by atoms with Crippen LogP contribution in [0.5, 0.6) is 0 Å². The molecule has 0 aliphatic rings. The number of rotatable bonds is 3. The molecule has 2 N–H and O–H groups in total. The lowest BCUT2D eigenvalue weighted by atomic mass is 10.6. The smallest absolute Gasteiger partial charge is 0.152 e. The summed E-state index contributed by atoms with van der Waals surface area (Å²) in [6.07, 6.45) is 4.21. The molecule has 3 heteroatoms. The Morgan fingerprint density at radius 2 is 2.44 bits per heavy atom. The summed E-state index contributed by atoms with van der Waals surface area (Å²) in [5, 5.41) is 0. The summed E-state index contributed by atoms with van der Waals surface area (Å²) in [6.45, 7) is 3.38. The Bertz CT molecular complexity index is 138. The molecule has 3 nitrogen and oxygen atoms in total. The molecular weight excluding hydrogens is 116 g/mol. The normalized spacial score (nSPS) is 11.9. The monoisotopic (exact) mass is 126 g/mol. The van der Waals surface area contributed by atoms with Crippen molar-refractivity contribution < 1.29 is 4.74 Å². The van der Waals surface area contributed by atoms with Crippen molar-refractivity contribution in [1.82, 2.24) is 0 Å². The van der Waals surface area contributed by atoms with E-state index in [-0.39, 0.29) is 0 Å². The standard InChI is InChI=1S/C6H10N2O/c1-3-8-5-6(4-7)9-2/h3-5H,1,7H2,2H3/b6-4+,8-5-. The zero-order valence-electron chi connectivity index (χ0n) is 5.37. The molecule has 9 heavy (non-hydrogen) atoms. The van der Waals surface area contributed by atoms with Crippen molar-refractivity contribution in [2.24, 2.45) is 10.7 Å². The SMILES string of the molecule is C=C/N=C\C(=C/N)OC. The summed E-state index contributed by atoms with van der Waals surface area (Å²) in [6, 6.07) is 0. The highest BCUT2D eigenvalue weighted by atomic mass is 16.5. The zero-order valence-corrected chi connectivity index (χ0v) is 5.37. The lowest BCUT2D eigenvalue weighted by Gasteiger charge is -1.93. The molecule has 0 fully saturated rings. The van der Waals surface area contributed by atoms with Crippen molar-refractivity contribution in [3.8, 4) is 0 Å². The summed E-state index contributed by atoms with van der Waals surface area (Å²) < 4.78 is 4.74. The van der Waals surface area contributed by atoms with Gasteiger partial charge in [-0.2, -0.15) is 0 Å². The van der Waals surface area contributed by atoms with Crippen molar-refractivity contribution >= 4 is 6.21 Å². The number of hydrogen-bond acceptors (Lipinski definition) is 3. The fourth-order valence-corrected chi connectivity index (χ4v) is 0.290. The number of methoxy groups -OCH3 is 1. The summed E-state index contributed by atoms with van der Waals surface area (Å²) in [4.78, 5) is 3.68. The first kappa shape index (κ1) is 7.75. The van der Waals surface area contributed by atoms with Crippen LogP contribution in [0, 0.1) is 0 Å². The minimum atomic E-state index is 0.523. The van der Waals surface area contributed by atoms with Gasteiger partial charge in [0.1, 0.15) is 0 Å². The second-order valence-electron chi connectivity index (χ2n) is 1.23. The third kappa shape index (κ3) is 3.34. The summed E-state index contributed by atoms with van der Waals surface area (Å²) in [5.74, 6) is 0.523. The third-order valence-corrected chi connectivity index (χ3v) is 0.707. The van der Waals surface area contributed by atoms with Crippen LogP contribution in [0.15, 0.2) is 29.7 Å². The van der Waals surface area contributed by atoms with Crippen molar-refractivity contribution in [3.63, 3.8) is 0 Å². The van der Waals surface area contributed by atoms with E-state index in [4.69, 9.17) is 10.5 Å². The van der Waals surface area contributed by atoms with Crippen LogP contribution >= 0.6 is 0 Å². The maximum absolute atomic E-state index is 5.11. The van der Waals surface area contributed by atoms with Gasteiger partial charge < -0.3 is 10.5 Å². The highest BCUT2D eigenvalue weighted by Gasteiger charge is 1.82. The summed E-state index contributed by atoms with van der Waals surface area (Å²) in [7, 11) is 1.52. The minimum absolute atomic E-state index is 0.523. The van der Waals surface area contributed by atoms with Crippen LogP contribution in [-0.2, 0) is 4.74 Å². The van der Waals surface area contributed by atoms with Gasteiger partial charge in [-0.05, 0) is 0 Å². The van der Waals surface area contributed by atoms with Crippen LogP contribution in [0.1, 0.15) is 0 Å². The number of allylic oxidation sites excluding steroid dienone is 1. The lowest BCUT2D eigenvalue weighted by molar-refractivity contribution is 0.316. The van der Waals surface area contributed by atoms with Gasteiger partial charge in [-0.15, -0.1) is 0 Å². The second kappa shape index (κ2) is 4.90. The molecule has 0 amide bonds. The van der Waals surface area contributed by atoms with E-state index in [1.807, 2.05) is 0 Å². The van der Waals surface area contributed by atoms with Crippen LogP contribution in [0.2, 0.25) is 0 Å². The van der Waals surface area contributed by atoms with Crippen LogP contribution in [-0.4, -0.2) is 13.3 Å². The molecule has 50 valence electrons. The fourth-order valence-electron chi connectivity index (χ4n) is 0.290. The molecular formula is C6H10N2O. The van der Waals surface area contributed by atoms with E-state index in [0.29, 0.717) is 5.76 Å².